The Morgan fingerprint density at radius 1 is 1.21 bits per heavy atom. The maximum absolute atomic E-state index is 5.39. The van der Waals surface area contributed by atoms with E-state index < -0.39 is 0 Å². The highest BCUT2D eigenvalue weighted by atomic mass is 16.5. The SMILES string of the molecule is CCOCc1cccc2cccnc12. The van der Waals surface area contributed by atoms with Crippen LogP contribution in [-0.4, -0.2) is 11.6 Å². The van der Waals surface area contributed by atoms with E-state index in [9.17, 15) is 0 Å². The summed E-state index contributed by atoms with van der Waals surface area (Å²) in [6.07, 6.45) is 1.82. The first kappa shape index (κ1) is 9.16. The largest absolute Gasteiger partial charge is 0.377 e. The number of hydrogen-bond acceptors (Lipinski definition) is 2. The van der Waals surface area contributed by atoms with Gasteiger partial charge in [-0.15, -0.1) is 0 Å². The average molecular weight is 187 g/mol. The first-order valence-corrected chi connectivity index (χ1v) is 4.82. The van der Waals surface area contributed by atoms with Gasteiger partial charge in [-0.3, -0.25) is 4.98 Å². The normalized spacial score (nSPS) is 10.6. The fourth-order valence-corrected chi connectivity index (χ4v) is 1.50. The molecule has 0 amide bonds. The van der Waals surface area contributed by atoms with Gasteiger partial charge in [0.15, 0.2) is 0 Å². The zero-order chi connectivity index (χ0) is 9.80. The lowest BCUT2D eigenvalue weighted by Gasteiger charge is -2.04. The predicted molar refractivity (Wildman–Crippen MR) is 57.1 cm³/mol. The monoisotopic (exact) mass is 187 g/mol. The Hall–Kier alpha value is -1.41. The topological polar surface area (TPSA) is 22.1 Å². The van der Waals surface area contributed by atoms with Gasteiger partial charge in [0.25, 0.3) is 0 Å². The summed E-state index contributed by atoms with van der Waals surface area (Å²) in [6.45, 7) is 3.38. The van der Waals surface area contributed by atoms with Crippen LogP contribution in [0.4, 0.5) is 0 Å². The Morgan fingerprint density at radius 3 is 2.93 bits per heavy atom. The van der Waals surface area contributed by atoms with E-state index in [0.29, 0.717) is 6.61 Å². The Labute approximate surface area is 83.5 Å². The molecular formula is C12H13NO. The number of fused-ring (bicyclic) bond motifs is 1. The summed E-state index contributed by atoms with van der Waals surface area (Å²) in [4.78, 5) is 4.35. The van der Waals surface area contributed by atoms with Crippen LogP contribution in [0.25, 0.3) is 10.9 Å². The molecule has 0 radical (unpaired) electrons. The smallest absolute Gasteiger partial charge is 0.0757 e. The first-order valence-electron chi connectivity index (χ1n) is 4.82. The highest BCUT2D eigenvalue weighted by molar-refractivity contribution is 5.81. The highest BCUT2D eigenvalue weighted by Crippen LogP contribution is 2.16. The molecular weight excluding hydrogens is 174 g/mol. The van der Waals surface area contributed by atoms with Crippen molar-refractivity contribution in [3.63, 3.8) is 0 Å². The molecule has 0 saturated carbocycles. The van der Waals surface area contributed by atoms with E-state index in [2.05, 4.69) is 23.2 Å². The Balaban J connectivity index is 2.43. The fraction of sp³-hybridized carbons (Fsp3) is 0.250. The van der Waals surface area contributed by atoms with E-state index in [1.807, 2.05) is 25.3 Å². The summed E-state index contributed by atoms with van der Waals surface area (Å²) in [5.41, 5.74) is 2.20. The van der Waals surface area contributed by atoms with Crippen LogP contribution in [-0.2, 0) is 11.3 Å². The number of hydrogen-bond donors (Lipinski definition) is 0. The molecule has 1 aromatic heterocycles. The minimum atomic E-state index is 0.644. The van der Waals surface area contributed by atoms with Crippen LogP contribution in [0, 0.1) is 0 Å². The van der Waals surface area contributed by atoms with Crippen LogP contribution in [0.15, 0.2) is 36.5 Å². The molecule has 0 aliphatic carbocycles. The number of nitrogens with zero attached hydrogens (tertiary/aromatic N) is 1. The summed E-state index contributed by atoms with van der Waals surface area (Å²) in [5, 5.41) is 1.17. The van der Waals surface area contributed by atoms with Crippen LogP contribution >= 0.6 is 0 Å². The van der Waals surface area contributed by atoms with Gasteiger partial charge in [0, 0.05) is 23.8 Å². The molecule has 0 N–H and O–H groups in total. The molecule has 0 aliphatic rings. The van der Waals surface area contributed by atoms with Crippen LogP contribution in [0.1, 0.15) is 12.5 Å². The van der Waals surface area contributed by atoms with Crippen molar-refractivity contribution in [3.8, 4) is 0 Å². The van der Waals surface area contributed by atoms with Crippen LogP contribution in [0.5, 0.6) is 0 Å². The van der Waals surface area contributed by atoms with Gasteiger partial charge in [-0.05, 0) is 13.0 Å². The second kappa shape index (κ2) is 4.20. The van der Waals surface area contributed by atoms with E-state index in [1.54, 1.807) is 0 Å². The molecule has 0 fully saturated rings. The van der Waals surface area contributed by atoms with Crippen molar-refractivity contribution >= 4 is 10.9 Å². The van der Waals surface area contributed by atoms with E-state index in [-0.39, 0.29) is 0 Å². The van der Waals surface area contributed by atoms with Gasteiger partial charge in [-0.2, -0.15) is 0 Å². The quantitative estimate of drug-likeness (QED) is 0.737. The third-order valence-corrected chi connectivity index (χ3v) is 2.18. The first-order chi connectivity index (χ1) is 6.92. The van der Waals surface area contributed by atoms with Crippen LogP contribution in [0.2, 0.25) is 0 Å². The lowest BCUT2D eigenvalue weighted by Crippen LogP contribution is -1.93. The molecule has 0 atom stereocenters. The minimum absolute atomic E-state index is 0.644. The maximum Gasteiger partial charge on any atom is 0.0757 e. The van der Waals surface area contributed by atoms with E-state index in [0.717, 1.165) is 17.7 Å². The van der Waals surface area contributed by atoms with Gasteiger partial charge in [0.1, 0.15) is 0 Å². The van der Waals surface area contributed by atoms with Crippen molar-refractivity contribution < 1.29 is 4.74 Å². The lowest BCUT2D eigenvalue weighted by atomic mass is 10.1. The van der Waals surface area contributed by atoms with E-state index in [4.69, 9.17) is 4.74 Å². The van der Waals surface area contributed by atoms with Gasteiger partial charge >= 0.3 is 0 Å². The Bertz CT molecular complexity index is 420. The molecule has 2 rings (SSSR count). The molecule has 0 bridgehead atoms. The zero-order valence-electron chi connectivity index (χ0n) is 8.23. The highest BCUT2D eigenvalue weighted by Gasteiger charge is 2.00. The number of pyridine rings is 1. The second-order valence-electron chi connectivity index (χ2n) is 3.13. The zero-order valence-corrected chi connectivity index (χ0v) is 8.23. The lowest BCUT2D eigenvalue weighted by molar-refractivity contribution is 0.135. The van der Waals surface area contributed by atoms with Crippen molar-refractivity contribution in [3.05, 3.63) is 42.1 Å². The van der Waals surface area contributed by atoms with Gasteiger partial charge in [0.2, 0.25) is 0 Å². The van der Waals surface area contributed by atoms with Crippen molar-refractivity contribution in [2.75, 3.05) is 6.61 Å². The van der Waals surface area contributed by atoms with Crippen molar-refractivity contribution in [1.29, 1.82) is 0 Å². The summed E-state index contributed by atoms with van der Waals surface area (Å²) < 4.78 is 5.39. The Kier molecular flexibility index (Phi) is 2.75. The molecule has 0 spiro atoms. The predicted octanol–water partition coefficient (Wildman–Crippen LogP) is 2.77. The standard InChI is InChI=1S/C12H13NO/c1-2-14-9-11-6-3-5-10-7-4-8-13-12(10)11/h3-8H,2,9H2,1H3. The summed E-state index contributed by atoms with van der Waals surface area (Å²) in [7, 11) is 0. The molecule has 2 nitrogen and oxygen atoms in total. The van der Waals surface area contributed by atoms with Crippen molar-refractivity contribution in [2.45, 2.75) is 13.5 Å². The number of benzene rings is 1. The number of ether oxygens (including phenoxy) is 1. The second-order valence-corrected chi connectivity index (χ2v) is 3.13. The molecule has 0 aliphatic heterocycles. The number of para-hydroxylation sites is 1. The molecule has 72 valence electrons. The average Bonchev–Trinajstić information content (AvgIpc) is 2.26. The van der Waals surface area contributed by atoms with Crippen molar-refractivity contribution in [2.24, 2.45) is 0 Å². The van der Waals surface area contributed by atoms with Crippen LogP contribution in [0.3, 0.4) is 0 Å². The van der Waals surface area contributed by atoms with Gasteiger partial charge in [-0.1, -0.05) is 24.3 Å². The Morgan fingerprint density at radius 2 is 2.07 bits per heavy atom. The third kappa shape index (κ3) is 1.75. The molecule has 0 unspecified atom stereocenters. The molecule has 2 aromatic rings. The third-order valence-electron chi connectivity index (χ3n) is 2.18. The maximum atomic E-state index is 5.39. The van der Waals surface area contributed by atoms with Gasteiger partial charge in [0.05, 0.1) is 12.1 Å². The molecule has 1 aromatic carbocycles. The fourth-order valence-electron chi connectivity index (χ4n) is 1.50. The molecule has 1 heterocycles. The minimum Gasteiger partial charge on any atom is -0.377 e. The van der Waals surface area contributed by atoms with Crippen molar-refractivity contribution in [1.82, 2.24) is 4.98 Å². The summed E-state index contributed by atoms with van der Waals surface area (Å²) in [6, 6.07) is 10.2. The summed E-state index contributed by atoms with van der Waals surface area (Å²) in [5.74, 6) is 0. The molecule has 0 saturated heterocycles. The number of aromatic nitrogens is 1. The molecule has 14 heavy (non-hydrogen) atoms. The van der Waals surface area contributed by atoms with Gasteiger partial charge < -0.3 is 4.74 Å². The van der Waals surface area contributed by atoms with Crippen LogP contribution < -0.4 is 0 Å². The van der Waals surface area contributed by atoms with E-state index >= 15 is 0 Å². The van der Waals surface area contributed by atoms with E-state index in [1.165, 1.54) is 5.39 Å². The summed E-state index contributed by atoms with van der Waals surface area (Å²) >= 11 is 0. The van der Waals surface area contributed by atoms with Gasteiger partial charge in [-0.25, -0.2) is 0 Å². The molecule has 2 heteroatoms. The number of rotatable bonds is 3.